The van der Waals surface area contributed by atoms with E-state index in [0.29, 0.717) is 0 Å². The Labute approximate surface area is 31.4 Å². The van der Waals surface area contributed by atoms with E-state index in [4.69, 9.17) is 9.90 Å². The predicted octanol–water partition coefficient (Wildman–Crippen LogP) is 0.295. The molecule has 0 saturated heterocycles. The van der Waals surface area contributed by atoms with Gasteiger partial charge in [-0.05, 0) is 7.43 Å². The summed E-state index contributed by atoms with van der Waals surface area (Å²) in [7, 11) is 0. The highest BCUT2D eigenvalue weighted by molar-refractivity contribution is 5.62. The summed E-state index contributed by atoms with van der Waals surface area (Å²) in [4.78, 5) is 9.00. The SMILES string of the molecule is CC(=O)O.[CH]. The summed E-state index contributed by atoms with van der Waals surface area (Å²) < 4.78 is 0. The van der Waals surface area contributed by atoms with Crippen molar-refractivity contribution in [2.24, 2.45) is 0 Å². The van der Waals surface area contributed by atoms with Crippen molar-refractivity contribution in [2.75, 3.05) is 0 Å². The van der Waals surface area contributed by atoms with E-state index in [1.807, 2.05) is 0 Å². The van der Waals surface area contributed by atoms with Crippen molar-refractivity contribution < 1.29 is 9.90 Å². The van der Waals surface area contributed by atoms with E-state index in [0.717, 1.165) is 6.92 Å². The maximum atomic E-state index is 9.00. The van der Waals surface area contributed by atoms with E-state index < -0.39 is 5.97 Å². The van der Waals surface area contributed by atoms with E-state index in [2.05, 4.69) is 0 Å². The second-order valence-electron chi connectivity index (χ2n) is 0.519. The zero-order valence-electron chi connectivity index (χ0n) is 2.93. The molecule has 29 valence electrons. The molecule has 0 atom stereocenters. The van der Waals surface area contributed by atoms with E-state index in [-0.39, 0.29) is 7.43 Å². The number of hydrogen-bond acceptors (Lipinski definition) is 1. The van der Waals surface area contributed by atoms with Gasteiger partial charge in [0.1, 0.15) is 0 Å². The van der Waals surface area contributed by atoms with Crippen molar-refractivity contribution in [1.82, 2.24) is 0 Å². The fraction of sp³-hybridized carbons (Fsp3) is 0.333. The van der Waals surface area contributed by atoms with Crippen LogP contribution in [0.25, 0.3) is 0 Å². The molecule has 0 aliphatic heterocycles. The lowest BCUT2D eigenvalue weighted by atomic mass is 10.9. The molecule has 0 bridgehead atoms. The van der Waals surface area contributed by atoms with Gasteiger partial charge in [-0.2, -0.15) is 0 Å². The fourth-order valence-electron chi connectivity index (χ4n) is 0. The lowest BCUT2D eigenvalue weighted by molar-refractivity contribution is -0.134. The van der Waals surface area contributed by atoms with Gasteiger partial charge in [0.05, 0.1) is 0 Å². The minimum atomic E-state index is -0.833. The van der Waals surface area contributed by atoms with Gasteiger partial charge >= 0.3 is 0 Å². The second-order valence-corrected chi connectivity index (χ2v) is 0.519. The molecule has 0 aromatic rings. The number of carboxylic acids is 1. The number of carbonyl (C=O) groups is 1. The number of hydrogen-bond donors (Lipinski definition) is 1. The Hall–Kier alpha value is -0.530. The Kier molecular flexibility index (Phi) is 6.12. The zero-order valence-corrected chi connectivity index (χ0v) is 2.93. The molecule has 0 aliphatic carbocycles. The van der Waals surface area contributed by atoms with Crippen molar-refractivity contribution in [2.45, 2.75) is 6.92 Å². The minimum Gasteiger partial charge on any atom is -0.481 e. The molecular formula is C3H5O2. The molecule has 0 amide bonds. The van der Waals surface area contributed by atoms with Gasteiger partial charge in [0.25, 0.3) is 5.97 Å². The maximum Gasteiger partial charge on any atom is 0.300 e. The first-order chi connectivity index (χ1) is 1.73. The summed E-state index contributed by atoms with van der Waals surface area (Å²) in [6, 6.07) is 0. The molecular weight excluding hydrogens is 68.0 g/mol. The van der Waals surface area contributed by atoms with Crippen LogP contribution in [0, 0.1) is 7.43 Å². The smallest absolute Gasteiger partial charge is 0.300 e. The zero-order chi connectivity index (χ0) is 3.58. The Morgan fingerprint density at radius 3 is 1.80 bits per heavy atom. The highest BCUT2D eigenvalue weighted by Crippen LogP contribution is 1.42. The van der Waals surface area contributed by atoms with Gasteiger partial charge < -0.3 is 5.11 Å². The average Bonchev–Trinajstić information content (AvgIpc) is 0.811. The molecule has 2 heteroatoms. The Bertz CT molecular complexity index is 27.9. The monoisotopic (exact) mass is 73.0 g/mol. The summed E-state index contributed by atoms with van der Waals surface area (Å²) in [5.41, 5.74) is 0. The topological polar surface area (TPSA) is 37.3 Å². The molecule has 0 aromatic heterocycles. The van der Waals surface area contributed by atoms with Gasteiger partial charge in [0.2, 0.25) is 0 Å². The van der Waals surface area contributed by atoms with Gasteiger partial charge in [-0.15, -0.1) is 0 Å². The summed E-state index contributed by atoms with van der Waals surface area (Å²) in [5, 5.41) is 7.42. The minimum absolute atomic E-state index is 0. The largest absolute Gasteiger partial charge is 0.481 e. The molecule has 0 fully saturated rings. The van der Waals surface area contributed by atoms with Gasteiger partial charge in [-0.1, -0.05) is 0 Å². The lowest BCUT2D eigenvalue weighted by Gasteiger charge is -1.59. The lowest BCUT2D eigenvalue weighted by Crippen LogP contribution is -1.78. The Morgan fingerprint density at radius 1 is 1.80 bits per heavy atom. The Morgan fingerprint density at radius 2 is 1.80 bits per heavy atom. The quantitative estimate of drug-likeness (QED) is 0.447. The first kappa shape index (κ1) is 8.82. The van der Waals surface area contributed by atoms with Crippen LogP contribution in [-0.2, 0) is 4.79 Å². The second kappa shape index (κ2) is 3.47. The molecule has 1 N–H and O–H groups in total. The van der Waals surface area contributed by atoms with Gasteiger partial charge in [0.15, 0.2) is 0 Å². The molecule has 3 radical (unpaired) electrons. The maximum absolute atomic E-state index is 9.00. The standard InChI is InChI=1S/C2H4O2.CH/c1-2(3)4;/h1H3,(H,3,4);1H. The van der Waals surface area contributed by atoms with Crippen LogP contribution in [0.1, 0.15) is 6.92 Å². The van der Waals surface area contributed by atoms with Crippen molar-refractivity contribution in [3.8, 4) is 0 Å². The summed E-state index contributed by atoms with van der Waals surface area (Å²) in [6.07, 6.45) is 0. The van der Waals surface area contributed by atoms with Crippen molar-refractivity contribution in [3.05, 3.63) is 7.43 Å². The first-order valence-corrected chi connectivity index (χ1v) is 0.928. The third-order valence-corrected chi connectivity index (χ3v) is 0. The third kappa shape index (κ3) is 26.7. The molecule has 5 heavy (non-hydrogen) atoms. The summed E-state index contributed by atoms with van der Waals surface area (Å²) >= 11 is 0. The van der Waals surface area contributed by atoms with Gasteiger partial charge in [-0.25, -0.2) is 0 Å². The molecule has 0 aliphatic rings. The number of aliphatic carboxylic acids is 1. The number of rotatable bonds is 0. The van der Waals surface area contributed by atoms with Crippen LogP contribution in [0.4, 0.5) is 0 Å². The van der Waals surface area contributed by atoms with Gasteiger partial charge in [0, 0.05) is 6.92 Å². The number of carboxylic acid groups (broad SMARTS) is 1. The molecule has 0 rings (SSSR count). The van der Waals surface area contributed by atoms with E-state index in [1.54, 1.807) is 0 Å². The molecule has 0 spiro atoms. The molecule has 0 heterocycles. The van der Waals surface area contributed by atoms with Crippen molar-refractivity contribution >= 4 is 5.97 Å². The molecule has 0 unspecified atom stereocenters. The third-order valence-electron chi connectivity index (χ3n) is 0. The molecule has 2 nitrogen and oxygen atoms in total. The highest BCUT2D eigenvalue weighted by Gasteiger charge is 1.65. The van der Waals surface area contributed by atoms with Crippen LogP contribution < -0.4 is 0 Å². The van der Waals surface area contributed by atoms with Crippen LogP contribution in [0.5, 0.6) is 0 Å². The van der Waals surface area contributed by atoms with E-state index >= 15 is 0 Å². The van der Waals surface area contributed by atoms with Crippen LogP contribution >= 0.6 is 0 Å². The van der Waals surface area contributed by atoms with E-state index in [9.17, 15) is 0 Å². The highest BCUT2D eigenvalue weighted by atomic mass is 16.4. The normalized spacial score (nSPS) is 5.00. The van der Waals surface area contributed by atoms with Crippen LogP contribution in [0.15, 0.2) is 0 Å². The van der Waals surface area contributed by atoms with Crippen molar-refractivity contribution in [1.29, 1.82) is 0 Å². The summed E-state index contributed by atoms with van der Waals surface area (Å²) in [6.45, 7) is 1.08. The molecule has 0 aromatic carbocycles. The van der Waals surface area contributed by atoms with Crippen LogP contribution in [0.2, 0.25) is 0 Å². The van der Waals surface area contributed by atoms with Crippen molar-refractivity contribution in [3.63, 3.8) is 0 Å². The fourth-order valence-corrected chi connectivity index (χ4v) is 0. The summed E-state index contributed by atoms with van der Waals surface area (Å²) in [5.74, 6) is -0.833. The molecule has 0 saturated carbocycles. The van der Waals surface area contributed by atoms with Gasteiger partial charge in [-0.3, -0.25) is 4.79 Å². The average molecular weight is 73.1 g/mol. The van der Waals surface area contributed by atoms with E-state index in [1.165, 1.54) is 0 Å². The Balaban J connectivity index is 0. The van der Waals surface area contributed by atoms with Crippen LogP contribution in [-0.4, -0.2) is 11.1 Å². The first-order valence-electron chi connectivity index (χ1n) is 0.928. The predicted molar refractivity (Wildman–Crippen MR) is 17.6 cm³/mol. The van der Waals surface area contributed by atoms with Crippen LogP contribution in [0.3, 0.4) is 0 Å².